The predicted octanol–water partition coefficient (Wildman–Crippen LogP) is 2.92. The van der Waals surface area contributed by atoms with E-state index in [0.29, 0.717) is 0 Å². The lowest BCUT2D eigenvalue weighted by molar-refractivity contribution is 0.218. The lowest BCUT2D eigenvalue weighted by Gasteiger charge is -2.16. The number of halogens is 1. The SMILES string of the molecule is CNC(C1=CCCO1)c1sccc1I. The van der Waals surface area contributed by atoms with E-state index in [1.54, 1.807) is 11.3 Å². The summed E-state index contributed by atoms with van der Waals surface area (Å²) in [4.78, 5) is 1.35. The molecule has 0 bridgehead atoms. The molecule has 4 heteroatoms. The lowest BCUT2D eigenvalue weighted by Crippen LogP contribution is -2.18. The van der Waals surface area contributed by atoms with E-state index in [2.05, 4.69) is 45.4 Å². The highest BCUT2D eigenvalue weighted by Gasteiger charge is 2.21. The molecule has 1 N–H and O–H groups in total. The summed E-state index contributed by atoms with van der Waals surface area (Å²) in [5.74, 6) is 1.08. The van der Waals surface area contributed by atoms with Gasteiger partial charge < -0.3 is 10.1 Å². The zero-order valence-electron chi connectivity index (χ0n) is 7.92. The van der Waals surface area contributed by atoms with Crippen LogP contribution in [0.15, 0.2) is 23.3 Å². The molecule has 1 aromatic rings. The molecule has 1 aromatic heterocycles. The molecule has 14 heavy (non-hydrogen) atoms. The quantitative estimate of drug-likeness (QED) is 0.865. The molecular weight excluding hydrogens is 309 g/mol. The molecule has 1 unspecified atom stereocenters. The van der Waals surface area contributed by atoms with E-state index in [4.69, 9.17) is 4.74 Å². The van der Waals surface area contributed by atoms with Crippen molar-refractivity contribution in [2.45, 2.75) is 12.5 Å². The average Bonchev–Trinajstić information content (AvgIpc) is 2.80. The summed E-state index contributed by atoms with van der Waals surface area (Å²) >= 11 is 4.15. The third-order valence-electron chi connectivity index (χ3n) is 2.21. The topological polar surface area (TPSA) is 21.3 Å². The Hall–Kier alpha value is -0.0700. The minimum Gasteiger partial charge on any atom is -0.496 e. The van der Waals surface area contributed by atoms with Crippen LogP contribution in [0.5, 0.6) is 0 Å². The minimum absolute atomic E-state index is 0.240. The van der Waals surface area contributed by atoms with Gasteiger partial charge in [0, 0.05) is 14.9 Å². The lowest BCUT2D eigenvalue weighted by atomic mass is 10.2. The third kappa shape index (κ3) is 1.97. The Morgan fingerprint density at radius 3 is 3.00 bits per heavy atom. The van der Waals surface area contributed by atoms with Crippen molar-refractivity contribution in [2.24, 2.45) is 0 Å². The van der Waals surface area contributed by atoms with Gasteiger partial charge >= 0.3 is 0 Å². The Morgan fingerprint density at radius 2 is 2.50 bits per heavy atom. The summed E-state index contributed by atoms with van der Waals surface area (Å²) in [6, 6.07) is 2.38. The normalized spacial score (nSPS) is 17.7. The highest BCUT2D eigenvalue weighted by molar-refractivity contribution is 14.1. The molecule has 0 aromatic carbocycles. The van der Waals surface area contributed by atoms with Crippen molar-refractivity contribution in [2.75, 3.05) is 13.7 Å². The van der Waals surface area contributed by atoms with Gasteiger partial charge in [-0.2, -0.15) is 0 Å². The second-order valence-corrected chi connectivity index (χ2v) is 5.21. The molecule has 0 spiro atoms. The fraction of sp³-hybridized carbons (Fsp3) is 0.400. The number of nitrogens with one attached hydrogen (secondary N) is 1. The van der Waals surface area contributed by atoms with Crippen molar-refractivity contribution in [1.82, 2.24) is 5.32 Å². The maximum atomic E-state index is 5.59. The van der Waals surface area contributed by atoms with Gasteiger partial charge in [0.25, 0.3) is 0 Å². The number of hydrogen-bond acceptors (Lipinski definition) is 3. The summed E-state index contributed by atoms with van der Waals surface area (Å²) in [6.45, 7) is 0.829. The third-order valence-corrected chi connectivity index (χ3v) is 4.50. The first-order valence-electron chi connectivity index (χ1n) is 4.56. The van der Waals surface area contributed by atoms with Crippen molar-refractivity contribution in [3.8, 4) is 0 Å². The highest BCUT2D eigenvalue weighted by atomic mass is 127. The van der Waals surface area contributed by atoms with E-state index in [1.807, 2.05) is 7.05 Å². The molecule has 0 aliphatic carbocycles. The zero-order valence-corrected chi connectivity index (χ0v) is 10.9. The van der Waals surface area contributed by atoms with Crippen LogP contribution in [0.1, 0.15) is 17.3 Å². The fourth-order valence-electron chi connectivity index (χ4n) is 1.55. The second-order valence-electron chi connectivity index (χ2n) is 3.10. The van der Waals surface area contributed by atoms with E-state index in [1.165, 1.54) is 8.45 Å². The van der Waals surface area contributed by atoms with Crippen molar-refractivity contribution in [3.05, 3.63) is 31.7 Å². The molecule has 1 aliphatic heterocycles. The molecule has 76 valence electrons. The molecular formula is C10H12INOS. The molecule has 0 amide bonds. The van der Waals surface area contributed by atoms with Gasteiger partial charge in [-0.05, 0) is 47.2 Å². The molecule has 0 fully saturated rings. The van der Waals surface area contributed by atoms with E-state index in [-0.39, 0.29) is 6.04 Å². The Bertz CT molecular complexity index is 348. The molecule has 2 nitrogen and oxygen atoms in total. The second kappa shape index (κ2) is 4.63. The molecule has 1 aliphatic rings. The van der Waals surface area contributed by atoms with Crippen LogP contribution in [0.2, 0.25) is 0 Å². The molecule has 2 heterocycles. The van der Waals surface area contributed by atoms with Crippen LogP contribution in [0, 0.1) is 3.57 Å². The average molecular weight is 321 g/mol. The van der Waals surface area contributed by atoms with Crippen molar-refractivity contribution in [3.63, 3.8) is 0 Å². The molecule has 0 saturated heterocycles. The number of hydrogen-bond donors (Lipinski definition) is 1. The Kier molecular flexibility index (Phi) is 3.46. The van der Waals surface area contributed by atoms with Crippen LogP contribution in [0.25, 0.3) is 0 Å². The number of thiophene rings is 1. The Morgan fingerprint density at radius 1 is 1.64 bits per heavy atom. The molecule has 1 atom stereocenters. The van der Waals surface area contributed by atoms with Crippen LogP contribution >= 0.6 is 33.9 Å². The van der Waals surface area contributed by atoms with Gasteiger partial charge in [0.05, 0.1) is 6.61 Å². The van der Waals surface area contributed by atoms with Crippen LogP contribution < -0.4 is 5.32 Å². The number of ether oxygens (including phenoxy) is 1. The first kappa shape index (κ1) is 10.4. The first-order valence-corrected chi connectivity index (χ1v) is 6.51. The van der Waals surface area contributed by atoms with Gasteiger partial charge in [-0.1, -0.05) is 0 Å². The van der Waals surface area contributed by atoms with Crippen molar-refractivity contribution < 1.29 is 4.74 Å². The molecule has 0 saturated carbocycles. The van der Waals surface area contributed by atoms with Gasteiger partial charge in [0.2, 0.25) is 0 Å². The maximum absolute atomic E-state index is 5.59. The first-order chi connectivity index (χ1) is 6.83. The largest absolute Gasteiger partial charge is 0.496 e. The van der Waals surface area contributed by atoms with Crippen LogP contribution in [-0.2, 0) is 4.74 Å². The zero-order chi connectivity index (χ0) is 9.97. The van der Waals surface area contributed by atoms with Crippen molar-refractivity contribution in [1.29, 1.82) is 0 Å². The maximum Gasteiger partial charge on any atom is 0.114 e. The summed E-state index contributed by atoms with van der Waals surface area (Å²) in [5.41, 5.74) is 0. The molecule has 2 rings (SSSR count). The highest BCUT2D eigenvalue weighted by Crippen LogP contribution is 2.32. The number of rotatable bonds is 3. The van der Waals surface area contributed by atoms with Gasteiger partial charge in [-0.25, -0.2) is 0 Å². The van der Waals surface area contributed by atoms with Gasteiger partial charge in [0.1, 0.15) is 11.8 Å². The fourth-order valence-corrected chi connectivity index (χ4v) is 3.57. The number of likely N-dealkylation sites (N-methyl/N-ethyl adjacent to an activating group) is 1. The monoisotopic (exact) mass is 321 g/mol. The van der Waals surface area contributed by atoms with E-state index >= 15 is 0 Å². The summed E-state index contributed by atoms with van der Waals surface area (Å²) in [6.07, 6.45) is 3.21. The smallest absolute Gasteiger partial charge is 0.114 e. The van der Waals surface area contributed by atoms with E-state index < -0.39 is 0 Å². The summed E-state index contributed by atoms with van der Waals surface area (Å²) in [7, 11) is 1.98. The Balaban J connectivity index is 2.25. The van der Waals surface area contributed by atoms with E-state index in [9.17, 15) is 0 Å². The van der Waals surface area contributed by atoms with Crippen LogP contribution in [0.4, 0.5) is 0 Å². The Labute approximate surface area is 101 Å². The standard InChI is InChI=1S/C10H12INOS/c1-12-9(8-3-2-5-13-8)10-7(11)4-6-14-10/h3-4,6,9,12H,2,5H2,1H3. The molecule has 0 radical (unpaired) electrons. The van der Waals surface area contributed by atoms with Crippen molar-refractivity contribution >= 4 is 33.9 Å². The minimum atomic E-state index is 0.240. The van der Waals surface area contributed by atoms with Gasteiger partial charge in [-0.15, -0.1) is 11.3 Å². The van der Waals surface area contributed by atoms with Crippen LogP contribution in [0.3, 0.4) is 0 Å². The summed E-state index contributed by atoms with van der Waals surface area (Å²) in [5, 5.41) is 5.42. The van der Waals surface area contributed by atoms with Gasteiger partial charge in [-0.3, -0.25) is 0 Å². The predicted molar refractivity (Wildman–Crippen MR) is 67.5 cm³/mol. The van der Waals surface area contributed by atoms with Crippen LogP contribution in [-0.4, -0.2) is 13.7 Å². The van der Waals surface area contributed by atoms with E-state index in [0.717, 1.165) is 18.8 Å². The van der Waals surface area contributed by atoms with Gasteiger partial charge in [0.15, 0.2) is 0 Å². The summed E-state index contributed by atoms with van der Waals surface area (Å²) < 4.78 is 6.90.